The monoisotopic (exact) mass is 410 g/mol. The number of aliphatic hydroxyl groups excluding tert-OH is 5. The lowest BCUT2D eigenvalue weighted by atomic mass is 9.85. The van der Waals surface area contributed by atoms with Crippen LogP contribution >= 0.6 is 0 Å². The topological polar surface area (TPSA) is 137 Å². The van der Waals surface area contributed by atoms with E-state index in [2.05, 4.69) is 0 Å². The standard InChI is InChI=1S/C21H30O8/c1-9-7-12-14(10(2)11(9)5-6-22)18(26)21(3,4)19(12)29-17-15(24)13(8-23)28-20(27)16(17)25/h7,13,15-17,19-20,22-25,27H,5-6,8H2,1-4H3/t13-,15-,16-,17+,19-,20-/m0/s1. The lowest BCUT2D eigenvalue weighted by Gasteiger charge is -2.42. The van der Waals surface area contributed by atoms with Gasteiger partial charge in [0.2, 0.25) is 0 Å². The molecule has 1 aliphatic carbocycles. The van der Waals surface area contributed by atoms with E-state index in [1.54, 1.807) is 13.8 Å². The Kier molecular flexibility index (Phi) is 6.18. The van der Waals surface area contributed by atoms with Gasteiger partial charge in [0, 0.05) is 12.2 Å². The lowest BCUT2D eigenvalue weighted by Crippen LogP contribution is -2.60. The number of hydrogen-bond acceptors (Lipinski definition) is 8. The highest BCUT2D eigenvalue weighted by atomic mass is 16.6. The minimum Gasteiger partial charge on any atom is -0.396 e. The summed E-state index contributed by atoms with van der Waals surface area (Å²) in [4.78, 5) is 13.2. The van der Waals surface area contributed by atoms with Crippen molar-refractivity contribution in [1.29, 1.82) is 0 Å². The first-order valence-electron chi connectivity index (χ1n) is 9.80. The third kappa shape index (κ3) is 3.53. The second kappa shape index (κ2) is 8.03. The van der Waals surface area contributed by atoms with E-state index in [1.165, 1.54) is 0 Å². The van der Waals surface area contributed by atoms with Gasteiger partial charge in [0.15, 0.2) is 12.1 Å². The van der Waals surface area contributed by atoms with Gasteiger partial charge in [0.1, 0.15) is 24.4 Å². The second-order valence-electron chi connectivity index (χ2n) is 8.50. The molecule has 0 amide bonds. The number of aliphatic hydroxyl groups is 5. The van der Waals surface area contributed by atoms with Gasteiger partial charge in [-0.25, -0.2) is 0 Å². The Morgan fingerprint density at radius 3 is 2.38 bits per heavy atom. The van der Waals surface area contributed by atoms with E-state index in [0.29, 0.717) is 17.5 Å². The lowest BCUT2D eigenvalue weighted by molar-refractivity contribution is -0.304. The Morgan fingerprint density at radius 1 is 1.14 bits per heavy atom. The minimum atomic E-state index is -1.63. The zero-order valence-corrected chi connectivity index (χ0v) is 17.1. The van der Waals surface area contributed by atoms with Gasteiger partial charge >= 0.3 is 0 Å². The van der Waals surface area contributed by atoms with Gasteiger partial charge < -0.3 is 35.0 Å². The zero-order chi connectivity index (χ0) is 21.7. The summed E-state index contributed by atoms with van der Waals surface area (Å²) in [5.74, 6) is -0.121. The van der Waals surface area contributed by atoms with E-state index >= 15 is 0 Å². The Morgan fingerprint density at radius 2 is 1.79 bits per heavy atom. The number of carbonyl (C=O) groups is 1. The fourth-order valence-electron chi connectivity index (χ4n) is 4.52. The van der Waals surface area contributed by atoms with Crippen LogP contribution in [0, 0.1) is 19.3 Å². The first-order chi connectivity index (χ1) is 13.6. The maximum absolute atomic E-state index is 13.2. The van der Waals surface area contributed by atoms with Crippen molar-refractivity contribution in [3.8, 4) is 0 Å². The van der Waals surface area contributed by atoms with Crippen molar-refractivity contribution >= 4 is 5.78 Å². The van der Waals surface area contributed by atoms with Crippen molar-refractivity contribution in [3.05, 3.63) is 33.9 Å². The second-order valence-corrected chi connectivity index (χ2v) is 8.50. The Labute approximate surface area is 169 Å². The summed E-state index contributed by atoms with van der Waals surface area (Å²) in [5, 5.41) is 49.5. The van der Waals surface area contributed by atoms with Crippen LogP contribution in [-0.4, -0.2) is 75.2 Å². The largest absolute Gasteiger partial charge is 0.396 e. The van der Waals surface area contributed by atoms with Crippen molar-refractivity contribution < 1.29 is 39.8 Å². The van der Waals surface area contributed by atoms with Gasteiger partial charge in [-0.15, -0.1) is 0 Å². The van der Waals surface area contributed by atoms with Crippen LogP contribution in [0.2, 0.25) is 0 Å². The molecule has 0 aromatic heterocycles. The number of rotatable bonds is 5. The van der Waals surface area contributed by atoms with E-state index in [0.717, 1.165) is 16.7 Å². The number of hydrogen-bond donors (Lipinski definition) is 5. The van der Waals surface area contributed by atoms with Gasteiger partial charge in [-0.3, -0.25) is 4.79 Å². The molecule has 1 fully saturated rings. The smallest absolute Gasteiger partial charge is 0.184 e. The van der Waals surface area contributed by atoms with Gasteiger partial charge in [0.05, 0.1) is 18.1 Å². The molecule has 5 N–H and O–H groups in total. The molecule has 1 aromatic rings. The molecule has 0 saturated carbocycles. The summed E-state index contributed by atoms with van der Waals surface area (Å²) >= 11 is 0. The molecule has 162 valence electrons. The Hall–Kier alpha value is -1.39. The molecule has 1 aliphatic heterocycles. The average molecular weight is 410 g/mol. The van der Waals surface area contributed by atoms with Crippen molar-refractivity contribution in [2.45, 2.75) is 70.9 Å². The summed E-state index contributed by atoms with van der Waals surface area (Å²) in [6.45, 7) is 6.62. The average Bonchev–Trinajstić information content (AvgIpc) is 2.85. The third-order valence-electron chi connectivity index (χ3n) is 6.21. The molecular formula is C21H30O8. The van der Waals surface area contributed by atoms with Crippen molar-refractivity contribution in [2.75, 3.05) is 13.2 Å². The van der Waals surface area contributed by atoms with Crippen LogP contribution in [0.5, 0.6) is 0 Å². The predicted octanol–water partition coefficient (Wildman–Crippen LogP) is -0.0817. The van der Waals surface area contributed by atoms with Gasteiger partial charge in [-0.05, 0) is 56.4 Å². The maximum Gasteiger partial charge on any atom is 0.184 e. The highest BCUT2D eigenvalue weighted by Gasteiger charge is 2.53. The molecule has 0 spiro atoms. The molecular weight excluding hydrogens is 380 g/mol. The van der Waals surface area contributed by atoms with E-state index in [4.69, 9.17) is 9.47 Å². The quantitative estimate of drug-likeness (QED) is 0.455. The van der Waals surface area contributed by atoms with Crippen molar-refractivity contribution in [3.63, 3.8) is 0 Å². The molecule has 2 aliphatic rings. The highest BCUT2D eigenvalue weighted by molar-refractivity contribution is 6.06. The first kappa shape index (κ1) is 22.3. The summed E-state index contributed by atoms with van der Waals surface area (Å²) in [5.41, 5.74) is 2.82. The number of ketones is 1. The molecule has 8 heteroatoms. The van der Waals surface area contributed by atoms with Crippen LogP contribution in [0.4, 0.5) is 0 Å². The SMILES string of the molecule is Cc1cc2c(c(C)c1CCO)C(=O)C(C)(C)[C@H]2O[C@@H]1[C@@H](O)[C@H](CO)O[C@H](O)[C@H]1O. The molecule has 29 heavy (non-hydrogen) atoms. The minimum absolute atomic E-state index is 0.0289. The maximum atomic E-state index is 13.2. The van der Waals surface area contributed by atoms with Crippen LogP contribution in [0.15, 0.2) is 6.07 Å². The highest BCUT2D eigenvalue weighted by Crippen LogP contribution is 2.50. The fraction of sp³-hybridized carbons (Fsp3) is 0.667. The normalized spacial score (nSPS) is 33.8. The van der Waals surface area contributed by atoms with Crippen molar-refractivity contribution in [2.24, 2.45) is 5.41 Å². The van der Waals surface area contributed by atoms with E-state index < -0.39 is 48.8 Å². The van der Waals surface area contributed by atoms with Crippen LogP contribution in [0.3, 0.4) is 0 Å². The van der Waals surface area contributed by atoms with Crippen LogP contribution in [0.25, 0.3) is 0 Å². The summed E-state index contributed by atoms with van der Waals surface area (Å²) in [6, 6.07) is 1.85. The number of benzene rings is 1. The van der Waals surface area contributed by atoms with Gasteiger partial charge in [0.25, 0.3) is 0 Å². The van der Waals surface area contributed by atoms with Crippen LogP contribution in [0.1, 0.15) is 52.6 Å². The third-order valence-corrected chi connectivity index (χ3v) is 6.21. The number of carbonyl (C=O) groups excluding carboxylic acids is 1. The molecule has 1 aromatic carbocycles. The molecule has 1 heterocycles. The fourth-order valence-corrected chi connectivity index (χ4v) is 4.52. The summed E-state index contributed by atoms with van der Waals surface area (Å²) in [7, 11) is 0. The Balaban J connectivity index is 2.04. The van der Waals surface area contributed by atoms with E-state index in [-0.39, 0.29) is 12.4 Å². The molecule has 1 saturated heterocycles. The number of fused-ring (bicyclic) bond motifs is 1. The first-order valence-corrected chi connectivity index (χ1v) is 9.80. The summed E-state index contributed by atoms with van der Waals surface area (Å²) in [6.07, 6.45) is -7.26. The molecule has 0 radical (unpaired) electrons. The van der Waals surface area contributed by atoms with Crippen LogP contribution < -0.4 is 0 Å². The number of Topliss-reactive ketones (excluding diaryl/α,β-unsaturated/α-hetero) is 1. The van der Waals surface area contributed by atoms with E-state index in [1.807, 2.05) is 19.9 Å². The van der Waals surface area contributed by atoms with E-state index in [9.17, 15) is 30.3 Å². The van der Waals surface area contributed by atoms with Crippen molar-refractivity contribution in [1.82, 2.24) is 0 Å². The van der Waals surface area contributed by atoms with Gasteiger partial charge in [-0.1, -0.05) is 6.07 Å². The zero-order valence-electron chi connectivity index (χ0n) is 17.1. The summed E-state index contributed by atoms with van der Waals surface area (Å²) < 4.78 is 11.1. The predicted molar refractivity (Wildman–Crippen MR) is 102 cm³/mol. The number of ether oxygens (including phenoxy) is 2. The molecule has 6 atom stereocenters. The molecule has 0 unspecified atom stereocenters. The Bertz CT molecular complexity index is 789. The number of aryl methyl sites for hydroxylation is 1. The molecule has 8 nitrogen and oxygen atoms in total. The van der Waals surface area contributed by atoms with Gasteiger partial charge in [-0.2, -0.15) is 0 Å². The molecule has 3 rings (SSSR count). The molecule has 0 bridgehead atoms. The van der Waals surface area contributed by atoms with Crippen LogP contribution in [-0.2, 0) is 15.9 Å².